The fourth-order valence-corrected chi connectivity index (χ4v) is 2.98. The van der Waals surface area contributed by atoms with E-state index in [-0.39, 0.29) is 0 Å². The number of aromatic nitrogens is 2. The van der Waals surface area contributed by atoms with Crippen molar-refractivity contribution >= 4 is 28.5 Å². The molecule has 5 heteroatoms. The summed E-state index contributed by atoms with van der Waals surface area (Å²) >= 11 is 6.66. The Labute approximate surface area is 109 Å². The summed E-state index contributed by atoms with van der Waals surface area (Å²) in [7, 11) is 0. The van der Waals surface area contributed by atoms with Crippen LogP contribution in [-0.4, -0.2) is 15.0 Å². The second-order valence-corrected chi connectivity index (χ2v) is 5.55. The van der Waals surface area contributed by atoms with E-state index in [1.165, 1.54) is 12.8 Å². The van der Waals surface area contributed by atoms with Crippen molar-refractivity contribution in [2.75, 3.05) is 0 Å². The van der Waals surface area contributed by atoms with Crippen LogP contribution in [0.2, 0.25) is 0 Å². The molecule has 0 aliphatic heterocycles. The number of hydrogen-bond acceptors (Lipinski definition) is 4. The van der Waals surface area contributed by atoms with E-state index in [4.69, 9.17) is 18.0 Å². The van der Waals surface area contributed by atoms with Crippen LogP contribution in [0.15, 0.2) is 24.5 Å². The van der Waals surface area contributed by atoms with Gasteiger partial charge in [0, 0.05) is 23.9 Å². The van der Waals surface area contributed by atoms with E-state index >= 15 is 0 Å². The highest BCUT2D eigenvalue weighted by Gasteiger charge is 2.30. The third kappa shape index (κ3) is 2.08. The van der Waals surface area contributed by atoms with Crippen LogP contribution in [0.25, 0.3) is 10.6 Å². The number of thiazole rings is 1. The summed E-state index contributed by atoms with van der Waals surface area (Å²) in [5.74, 6) is 0.563. The van der Waals surface area contributed by atoms with Gasteiger partial charge in [0.2, 0.25) is 0 Å². The van der Waals surface area contributed by atoms with Crippen LogP contribution in [0.3, 0.4) is 0 Å². The molecule has 17 heavy (non-hydrogen) atoms. The molecule has 2 N–H and O–H groups in total. The Morgan fingerprint density at radius 1 is 1.47 bits per heavy atom. The Bertz CT molecular complexity index is 558. The standard InChI is InChI=1S/C12H11N3S2/c13-11(16)10-9(7-3-4-7)15-12(17-10)8-2-1-5-14-6-8/h1-2,5-7H,3-4H2,(H2,13,16). The molecule has 0 amide bonds. The molecular weight excluding hydrogens is 250 g/mol. The Morgan fingerprint density at radius 3 is 2.88 bits per heavy atom. The van der Waals surface area contributed by atoms with Gasteiger partial charge in [-0.05, 0) is 25.0 Å². The summed E-state index contributed by atoms with van der Waals surface area (Å²) in [6, 6.07) is 3.92. The molecule has 0 radical (unpaired) electrons. The molecule has 0 atom stereocenters. The second-order valence-electron chi connectivity index (χ2n) is 4.11. The molecule has 0 saturated heterocycles. The summed E-state index contributed by atoms with van der Waals surface area (Å²) in [5, 5.41) is 0.961. The molecule has 1 aliphatic rings. The molecule has 3 nitrogen and oxygen atoms in total. The normalized spacial score (nSPS) is 14.8. The van der Waals surface area contributed by atoms with Crippen LogP contribution in [-0.2, 0) is 0 Å². The second kappa shape index (κ2) is 4.16. The van der Waals surface area contributed by atoms with Gasteiger partial charge >= 0.3 is 0 Å². The van der Waals surface area contributed by atoms with E-state index in [0.29, 0.717) is 10.9 Å². The third-order valence-electron chi connectivity index (χ3n) is 2.75. The Balaban J connectivity index is 2.07. The molecule has 2 aromatic rings. The van der Waals surface area contributed by atoms with Gasteiger partial charge < -0.3 is 5.73 Å². The van der Waals surface area contributed by atoms with Crippen molar-refractivity contribution in [3.63, 3.8) is 0 Å². The summed E-state index contributed by atoms with van der Waals surface area (Å²) < 4.78 is 0. The number of nitrogens with zero attached hydrogens (tertiary/aromatic N) is 2. The predicted molar refractivity (Wildman–Crippen MR) is 73.2 cm³/mol. The first-order valence-corrected chi connectivity index (χ1v) is 6.69. The Kier molecular flexibility index (Phi) is 2.64. The summed E-state index contributed by atoms with van der Waals surface area (Å²) in [6.45, 7) is 0. The highest BCUT2D eigenvalue weighted by atomic mass is 32.1. The number of nitrogens with two attached hydrogens (primary N) is 1. The molecule has 0 aromatic carbocycles. The van der Waals surface area contributed by atoms with Crippen LogP contribution in [0.5, 0.6) is 0 Å². The van der Waals surface area contributed by atoms with Crippen LogP contribution in [0.4, 0.5) is 0 Å². The topological polar surface area (TPSA) is 51.8 Å². The van der Waals surface area contributed by atoms with Crippen molar-refractivity contribution in [1.29, 1.82) is 0 Å². The quantitative estimate of drug-likeness (QED) is 0.863. The van der Waals surface area contributed by atoms with Crippen LogP contribution in [0.1, 0.15) is 29.3 Å². The van der Waals surface area contributed by atoms with Crippen molar-refractivity contribution < 1.29 is 0 Å². The zero-order valence-electron chi connectivity index (χ0n) is 9.09. The molecule has 0 unspecified atom stereocenters. The SMILES string of the molecule is NC(=S)c1sc(-c2cccnc2)nc1C1CC1. The fraction of sp³-hybridized carbons (Fsp3) is 0.250. The monoisotopic (exact) mass is 261 g/mol. The van der Waals surface area contributed by atoms with Gasteiger partial charge in [-0.15, -0.1) is 11.3 Å². The van der Waals surface area contributed by atoms with Gasteiger partial charge in [0.1, 0.15) is 10.00 Å². The molecule has 2 heterocycles. The van der Waals surface area contributed by atoms with Gasteiger partial charge in [-0.1, -0.05) is 12.2 Å². The smallest absolute Gasteiger partial charge is 0.125 e. The summed E-state index contributed by atoms with van der Waals surface area (Å²) in [5.41, 5.74) is 7.87. The molecule has 86 valence electrons. The lowest BCUT2D eigenvalue weighted by atomic mass is 10.2. The van der Waals surface area contributed by atoms with Crippen molar-refractivity contribution in [2.24, 2.45) is 5.73 Å². The molecule has 1 aliphatic carbocycles. The molecular formula is C12H11N3S2. The van der Waals surface area contributed by atoms with Crippen molar-refractivity contribution in [3.8, 4) is 10.6 Å². The van der Waals surface area contributed by atoms with Crippen molar-refractivity contribution in [3.05, 3.63) is 35.1 Å². The largest absolute Gasteiger partial charge is 0.389 e. The molecule has 0 bridgehead atoms. The van der Waals surface area contributed by atoms with E-state index in [9.17, 15) is 0 Å². The average Bonchev–Trinajstić information content (AvgIpc) is 3.09. The van der Waals surface area contributed by atoms with Gasteiger partial charge in [-0.3, -0.25) is 4.98 Å². The van der Waals surface area contributed by atoms with E-state index in [1.807, 2.05) is 18.3 Å². The lowest BCUT2D eigenvalue weighted by Crippen LogP contribution is -2.09. The Hall–Kier alpha value is -1.33. The molecule has 2 aromatic heterocycles. The molecule has 1 fully saturated rings. The Morgan fingerprint density at radius 2 is 2.29 bits per heavy atom. The number of rotatable bonds is 3. The maximum absolute atomic E-state index is 5.76. The van der Waals surface area contributed by atoms with E-state index in [1.54, 1.807) is 17.5 Å². The minimum Gasteiger partial charge on any atom is -0.389 e. The molecule has 0 spiro atoms. The first-order chi connectivity index (χ1) is 8.25. The van der Waals surface area contributed by atoms with Gasteiger partial charge in [0.15, 0.2) is 0 Å². The van der Waals surface area contributed by atoms with Crippen molar-refractivity contribution in [2.45, 2.75) is 18.8 Å². The first kappa shape index (κ1) is 10.8. The maximum atomic E-state index is 5.76. The maximum Gasteiger partial charge on any atom is 0.125 e. The molecule has 1 saturated carbocycles. The third-order valence-corrected chi connectivity index (χ3v) is 4.24. The van der Waals surface area contributed by atoms with Gasteiger partial charge in [-0.25, -0.2) is 4.98 Å². The number of pyridine rings is 1. The average molecular weight is 261 g/mol. The summed E-state index contributed by atoms with van der Waals surface area (Å²) in [4.78, 5) is 10.2. The van der Waals surface area contributed by atoms with E-state index in [0.717, 1.165) is 21.1 Å². The van der Waals surface area contributed by atoms with Gasteiger partial charge in [0.25, 0.3) is 0 Å². The predicted octanol–water partition coefficient (Wildman–Crippen LogP) is 2.72. The van der Waals surface area contributed by atoms with Crippen molar-refractivity contribution in [1.82, 2.24) is 9.97 Å². The van der Waals surface area contributed by atoms with Gasteiger partial charge in [-0.2, -0.15) is 0 Å². The van der Waals surface area contributed by atoms with E-state index < -0.39 is 0 Å². The zero-order valence-corrected chi connectivity index (χ0v) is 10.7. The highest BCUT2D eigenvalue weighted by molar-refractivity contribution is 7.81. The number of thiocarbonyl (C=S) groups is 1. The number of hydrogen-bond donors (Lipinski definition) is 1. The summed E-state index contributed by atoms with van der Waals surface area (Å²) in [6.07, 6.45) is 5.98. The minimum atomic E-state index is 0.458. The van der Waals surface area contributed by atoms with Crippen LogP contribution < -0.4 is 5.73 Å². The zero-order chi connectivity index (χ0) is 11.8. The first-order valence-electron chi connectivity index (χ1n) is 5.46. The highest BCUT2D eigenvalue weighted by Crippen LogP contribution is 2.44. The molecule has 3 rings (SSSR count). The lowest BCUT2D eigenvalue weighted by molar-refractivity contribution is 1.05. The van der Waals surface area contributed by atoms with Gasteiger partial charge in [0.05, 0.1) is 10.6 Å². The van der Waals surface area contributed by atoms with E-state index in [2.05, 4.69) is 9.97 Å². The van der Waals surface area contributed by atoms with Crippen LogP contribution >= 0.6 is 23.6 Å². The lowest BCUT2D eigenvalue weighted by Gasteiger charge is -1.95. The minimum absolute atomic E-state index is 0.458. The van der Waals surface area contributed by atoms with Crippen LogP contribution in [0, 0.1) is 0 Å². The fourth-order valence-electron chi connectivity index (χ4n) is 1.75.